The lowest BCUT2D eigenvalue weighted by Gasteiger charge is -2.27. The summed E-state index contributed by atoms with van der Waals surface area (Å²) in [7, 11) is 0. The maximum Gasteiger partial charge on any atom is 0.241 e. The van der Waals surface area contributed by atoms with E-state index in [0.717, 1.165) is 6.42 Å². The molecular formula is C16H22N2O. The van der Waals surface area contributed by atoms with Crippen LogP contribution in [0.3, 0.4) is 0 Å². The lowest BCUT2D eigenvalue weighted by atomic mass is 10.1. The Hall–Kier alpha value is -1.35. The average molecular weight is 258 g/mol. The van der Waals surface area contributed by atoms with E-state index in [1.807, 2.05) is 19.1 Å². The molecule has 1 heterocycles. The number of carbonyl (C=O) groups is 1. The standard InChI is InChI=1S/C16H22N2O/c1-10-7-5-6-8-12(10)14-17-11(2)15(19)18(14)13-9-16(13,3)4/h5-8,11,13-14,17H,9H2,1-4H3. The van der Waals surface area contributed by atoms with Crippen molar-refractivity contribution >= 4 is 5.91 Å². The molecule has 19 heavy (non-hydrogen) atoms. The van der Waals surface area contributed by atoms with Crippen LogP contribution in [0.4, 0.5) is 0 Å². The molecule has 3 rings (SSSR count). The van der Waals surface area contributed by atoms with Gasteiger partial charge in [0.15, 0.2) is 0 Å². The van der Waals surface area contributed by atoms with Gasteiger partial charge in [0.05, 0.1) is 6.04 Å². The molecule has 1 aromatic carbocycles. The van der Waals surface area contributed by atoms with Crippen LogP contribution in [0.15, 0.2) is 24.3 Å². The van der Waals surface area contributed by atoms with Gasteiger partial charge >= 0.3 is 0 Å². The van der Waals surface area contributed by atoms with Crippen LogP contribution in [0.2, 0.25) is 0 Å². The van der Waals surface area contributed by atoms with Crippen LogP contribution >= 0.6 is 0 Å². The van der Waals surface area contributed by atoms with Crippen molar-refractivity contribution in [2.45, 2.75) is 52.4 Å². The predicted molar refractivity (Wildman–Crippen MR) is 75.5 cm³/mol. The zero-order valence-corrected chi connectivity index (χ0v) is 12.1. The number of amides is 1. The van der Waals surface area contributed by atoms with Crippen molar-refractivity contribution in [2.24, 2.45) is 5.41 Å². The summed E-state index contributed by atoms with van der Waals surface area (Å²) in [6.07, 6.45) is 1.14. The minimum atomic E-state index is -0.0824. The molecule has 3 nitrogen and oxygen atoms in total. The van der Waals surface area contributed by atoms with Gasteiger partial charge in [-0.3, -0.25) is 10.1 Å². The van der Waals surface area contributed by atoms with Gasteiger partial charge in [-0.2, -0.15) is 0 Å². The van der Waals surface area contributed by atoms with Crippen molar-refractivity contribution in [1.82, 2.24) is 10.2 Å². The molecule has 0 bridgehead atoms. The molecule has 102 valence electrons. The molecule has 2 fully saturated rings. The van der Waals surface area contributed by atoms with E-state index in [9.17, 15) is 4.79 Å². The Morgan fingerprint density at radius 3 is 2.53 bits per heavy atom. The van der Waals surface area contributed by atoms with Gasteiger partial charge in [0, 0.05) is 6.04 Å². The molecule has 3 heteroatoms. The van der Waals surface area contributed by atoms with Crippen LogP contribution < -0.4 is 5.32 Å². The number of hydrogen-bond acceptors (Lipinski definition) is 2. The van der Waals surface area contributed by atoms with Crippen LogP contribution in [0.1, 0.15) is 44.5 Å². The first-order valence-electron chi connectivity index (χ1n) is 7.05. The lowest BCUT2D eigenvalue weighted by Crippen LogP contribution is -2.35. The second-order valence-corrected chi connectivity index (χ2v) is 6.60. The topological polar surface area (TPSA) is 32.3 Å². The number of rotatable bonds is 2. The van der Waals surface area contributed by atoms with Crippen LogP contribution in [0, 0.1) is 12.3 Å². The number of nitrogens with zero attached hydrogens (tertiary/aromatic N) is 1. The Balaban J connectivity index is 1.96. The van der Waals surface area contributed by atoms with Gasteiger partial charge in [0.1, 0.15) is 6.17 Å². The highest BCUT2D eigenvalue weighted by Crippen LogP contribution is 2.52. The number of benzene rings is 1. The van der Waals surface area contributed by atoms with Gasteiger partial charge in [-0.25, -0.2) is 0 Å². The maximum atomic E-state index is 12.4. The normalized spacial score (nSPS) is 32.7. The molecule has 1 aromatic rings. The van der Waals surface area contributed by atoms with Gasteiger partial charge in [-0.15, -0.1) is 0 Å². The molecule has 1 N–H and O–H groups in total. The van der Waals surface area contributed by atoms with Gasteiger partial charge in [0.25, 0.3) is 0 Å². The van der Waals surface area contributed by atoms with Crippen LogP contribution in [-0.4, -0.2) is 22.9 Å². The Morgan fingerprint density at radius 2 is 1.95 bits per heavy atom. The van der Waals surface area contributed by atoms with Gasteiger partial charge in [-0.1, -0.05) is 38.1 Å². The van der Waals surface area contributed by atoms with E-state index >= 15 is 0 Å². The largest absolute Gasteiger partial charge is 0.318 e. The molecule has 2 aliphatic rings. The summed E-state index contributed by atoms with van der Waals surface area (Å²) in [5.41, 5.74) is 2.73. The third-order valence-corrected chi connectivity index (χ3v) is 4.59. The summed E-state index contributed by atoms with van der Waals surface area (Å²) in [5, 5.41) is 3.45. The van der Waals surface area contributed by atoms with E-state index in [1.54, 1.807) is 0 Å². The van der Waals surface area contributed by atoms with Crippen molar-refractivity contribution in [3.05, 3.63) is 35.4 Å². The van der Waals surface area contributed by atoms with Crippen LogP contribution in [0.5, 0.6) is 0 Å². The summed E-state index contributed by atoms with van der Waals surface area (Å²) >= 11 is 0. The quantitative estimate of drug-likeness (QED) is 0.884. The highest BCUT2D eigenvalue weighted by Gasteiger charge is 2.56. The molecule has 1 amide bonds. The summed E-state index contributed by atoms with van der Waals surface area (Å²) in [5.74, 6) is 0.240. The van der Waals surface area contributed by atoms with E-state index in [4.69, 9.17) is 0 Å². The molecule has 3 unspecified atom stereocenters. The van der Waals surface area contributed by atoms with Crippen molar-refractivity contribution in [1.29, 1.82) is 0 Å². The van der Waals surface area contributed by atoms with E-state index in [0.29, 0.717) is 6.04 Å². The first kappa shape index (κ1) is 12.7. The third kappa shape index (κ3) is 1.96. The molecule has 0 spiro atoms. The molecule has 0 aromatic heterocycles. The zero-order chi connectivity index (χ0) is 13.8. The maximum absolute atomic E-state index is 12.4. The Morgan fingerprint density at radius 1 is 1.32 bits per heavy atom. The summed E-state index contributed by atoms with van der Waals surface area (Å²) < 4.78 is 0. The number of nitrogens with one attached hydrogen (secondary N) is 1. The number of hydrogen-bond donors (Lipinski definition) is 1. The molecule has 1 saturated carbocycles. The Labute approximate surface area is 115 Å². The van der Waals surface area contributed by atoms with Gasteiger partial charge < -0.3 is 4.90 Å². The highest BCUT2D eigenvalue weighted by molar-refractivity contribution is 5.85. The minimum Gasteiger partial charge on any atom is -0.318 e. The fraction of sp³-hybridized carbons (Fsp3) is 0.562. The number of aryl methyl sites for hydroxylation is 1. The minimum absolute atomic E-state index is 0.0375. The van der Waals surface area contributed by atoms with Crippen LogP contribution in [0.25, 0.3) is 0 Å². The highest BCUT2D eigenvalue weighted by atomic mass is 16.2. The van der Waals surface area contributed by atoms with E-state index in [-0.39, 0.29) is 23.5 Å². The predicted octanol–water partition coefficient (Wildman–Crippen LogP) is 2.61. The van der Waals surface area contributed by atoms with Crippen molar-refractivity contribution < 1.29 is 4.79 Å². The first-order valence-corrected chi connectivity index (χ1v) is 7.05. The van der Waals surface area contributed by atoms with Crippen LogP contribution in [-0.2, 0) is 4.79 Å². The third-order valence-electron chi connectivity index (χ3n) is 4.59. The average Bonchev–Trinajstić information content (AvgIpc) is 2.86. The second-order valence-electron chi connectivity index (χ2n) is 6.60. The molecule has 1 aliphatic carbocycles. The summed E-state index contributed by atoms with van der Waals surface area (Å²) in [4.78, 5) is 14.5. The molecule has 1 aliphatic heterocycles. The molecule has 3 atom stereocenters. The van der Waals surface area contributed by atoms with Crippen molar-refractivity contribution in [3.8, 4) is 0 Å². The Kier molecular flexibility index (Phi) is 2.72. The molecule has 0 radical (unpaired) electrons. The van der Waals surface area contributed by atoms with E-state index in [1.165, 1.54) is 11.1 Å². The summed E-state index contributed by atoms with van der Waals surface area (Å²) in [6, 6.07) is 8.63. The lowest BCUT2D eigenvalue weighted by molar-refractivity contribution is -0.130. The van der Waals surface area contributed by atoms with E-state index < -0.39 is 0 Å². The SMILES string of the molecule is Cc1ccccc1C1NC(C)C(=O)N1C1CC1(C)C. The monoisotopic (exact) mass is 258 g/mol. The van der Waals surface area contributed by atoms with E-state index in [2.05, 4.69) is 43.1 Å². The molecular weight excluding hydrogens is 236 g/mol. The fourth-order valence-corrected chi connectivity index (χ4v) is 3.12. The smallest absolute Gasteiger partial charge is 0.241 e. The van der Waals surface area contributed by atoms with Gasteiger partial charge in [0.2, 0.25) is 5.91 Å². The summed E-state index contributed by atoms with van der Waals surface area (Å²) in [6.45, 7) is 8.55. The van der Waals surface area contributed by atoms with Gasteiger partial charge in [-0.05, 0) is 36.8 Å². The zero-order valence-electron chi connectivity index (χ0n) is 12.1. The van der Waals surface area contributed by atoms with Crippen molar-refractivity contribution in [3.63, 3.8) is 0 Å². The Bertz CT molecular complexity index is 523. The molecule has 1 saturated heterocycles. The van der Waals surface area contributed by atoms with Crippen molar-refractivity contribution in [2.75, 3.05) is 0 Å². The first-order chi connectivity index (χ1) is 8.92. The fourth-order valence-electron chi connectivity index (χ4n) is 3.12. The number of carbonyl (C=O) groups excluding carboxylic acids is 1. The second kappa shape index (κ2) is 4.07.